The summed E-state index contributed by atoms with van der Waals surface area (Å²) in [6.07, 6.45) is 2.81. The molecule has 3 aliphatic heterocycles. The van der Waals surface area contributed by atoms with E-state index in [1.807, 2.05) is 51.3 Å². The van der Waals surface area contributed by atoms with Crippen LogP contribution in [0.1, 0.15) is 82.1 Å². The van der Waals surface area contributed by atoms with Crippen molar-refractivity contribution in [1.82, 2.24) is 24.9 Å². The normalized spacial score (nSPS) is 21.2. The lowest BCUT2D eigenvalue weighted by Gasteiger charge is -2.36. The lowest BCUT2D eigenvalue weighted by atomic mass is 9.87. The highest BCUT2D eigenvalue weighted by Gasteiger charge is 2.29. The van der Waals surface area contributed by atoms with Gasteiger partial charge in [0.25, 0.3) is 0 Å². The summed E-state index contributed by atoms with van der Waals surface area (Å²) in [4.78, 5) is 32.3. The number of carbonyl (C=O) groups excluding carboxylic acids is 2. The fourth-order valence-electron chi connectivity index (χ4n) is 4.50. The van der Waals surface area contributed by atoms with Crippen molar-refractivity contribution in [2.24, 2.45) is 16.2 Å². The molecule has 0 radical (unpaired) electrons. The maximum atomic E-state index is 11.8. The molecule has 3 saturated heterocycles. The monoisotopic (exact) mass is 509 g/mol. The second-order valence-electron chi connectivity index (χ2n) is 13.9. The number of nitrogens with one attached hydrogen (secondary N) is 1. The van der Waals surface area contributed by atoms with Crippen LogP contribution in [0.25, 0.3) is 0 Å². The van der Waals surface area contributed by atoms with Crippen molar-refractivity contribution >= 4 is 11.8 Å². The summed E-state index contributed by atoms with van der Waals surface area (Å²) in [7, 11) is 2.10. The maximum absolute atomic E-state index is 11.8. The predicted molar refractivity (Wildman–Crippen MR) is 152 cm³/mol. The molecule has 3 heterocycles. The Labute approximate surface area is 223 Å². The molecule has 1 N–H and O–H groups in total. The average Bonchev–Trinajstić information content (AvgIpc) is 3.32. The zero-order chi connectivity index (χ0) is 27.7. The molecule has 1 unspecified atom stereocenters. The first-order valence-corrected chi connectivity index (χ1v) is 14.2. The van der Waals surface area contributed by atoms with Gasteiger partial charge in [0.1, 0.15) is 0 Å². The number of amides is 2. The quantitative estimate of drug-likeness (QED) is 0.583. The van der Waals surface area contributed by atoms with Crippen LogP contribution in [-0.4, -0.2) is 110 Å². The van der Waals surface area contributed by atoms with E-state index >= 15 is 0 Å². The van der Waals surface area contributed by atoms with Crippen LogP contribution in [0.15, 0.2) is 0 Å². The molecule has 0 aromatic carbocycles. The highest BCUT2D eigenvalue weighted by molar-refractivity contribution is 5.82. The number of likely N-dealkylation sites (tertiary alicyclic amines) is 1. The molecule has 0 aliphatic carbocycles. The van der Waals surface area contributed by atoms with Crippen LogP contribution >= 0.6 is 0 Å². The standard InChI is InChI=1S/C10H20N2O.C10H21N.C9H18N2O/c1-10(2,3)9(13)12-7-5-11(4)6-8-12;1-9(10(2,3)4)11-7-5-6-8-11;1-9(2,3)8(12)11-6-4-10-5-7-11/h5-8H2,1-4H3;9H,5-8H2,1-4H3;10H,4-7H2,1-3H3. The second kappa shape index (κ2) is 14.1. The molecule has 3 aliphatic rings. The van der Waals surface area contributed by atoms with Crippen molar-refractivity contribution < 1.29 is 9.59 Å². The van der Waals surface area contributed by atoms with Crippen LogP contribution < -0.4 is 5.32 Å². The van der Waals surface area contributed by atoms with E-state index in [-0.39, 0.29) is 22.6 Å². The molecule has 36 heavy (non-hydrogen) atoms. The third-order valence-electron chi connectivity index (χ3n) is 7.42. The summed E-state index contributed by atoms with van der Waals surface area (Å²) in [5.41, 5.74) is -0.00239. The van der Waals surface area contributed by atoms with E-state index in [0.29, 0.717) is 5.41 Å². The molecule has 0 aromatic rings. The van der Waals surface area contributed by atoms with Gasteiger partial charge in [-0.2, -0.15) is 0 Å². The Morgan fingerprint density at radius 2 is 1.03 bits per heavy atom. The zero-order valence-electron chi connectivity index (χ0n) is 25.7. The number of carbonyl (C=O) groups is 2. The number of hydrogen-bond donors (Lipinski definition) is 1. The van der Waals surface area contributed by atoms with Crippen molar-refractivity contribution in [1.29, 1.82) is 0 Å². The van der Waals surface area contributed by atoms with Gasteiger partial charge in [-0.25, -0.2) is 0 Å². The highest BCUT2D eigenvalue weighted by atomic mass is 16.2. The number of likely N-dealkylation sites (N-methyl/N-ethyl adjacent to an activating group) is 1. The largest absolute Gasteiger partial charge is 0.340 e. The predicted octanol–water partition coefficient (Wildman–Crippen LogP) is 3.79. The second-order valence-corrected chi connectivity index (χ2v) is 13.9. The fraction of sp³-hybridized carbons (Fsp3) is 0.931. The van der Waals surface area contributed by atoms with Crippen LogP contribution in [0.2, 0.25) is 0 Å². The third kappa shape index (κ3) is 11.5. The van der Waals surface area contributed by atoms with Crippen molar-refractivity contribution in [3.05, 3.63) is 0 Å². The Hall–Kier alpha value is -1.18. The summed E-state index contributed by atoms with van der Waals surface area (Å²) >= 11 is 0. The van der Waals surface area contributed by atoms with Crippen LogP contribution in [0, 0.1) is 16.2 Å². The van der Waals surface area contributed by atoms with E-state index in [9.17, 15) is 9.59 Å². The van der Waals surface area contributed by atoms with Gasteiger partial charge in [0.05, 0.1) is 0 Å². The Morgan fingerprint density at radius 3 is 1.39 bits per heavy atom. The van der Waals surface area contributed by atoms with E-state index in [0.717, 1.165) is 58.4 Å². The van der Waals surface area contributed by atoms with Crippen molar-refractivity contribution in [2.75, 3.05) is 72.5 Å². The molecule has 3 rings (SSSR count). The maximum Gasteiger partial charge on any atom is 0.228 e. The van der Waals surface area contributed by atoms with Crippen LogP contribution in [0.5, 0.6) is 0 Å². The number of hydrogen-bond acceptors (Lipinski definition) is 5. The molecule has 2 amide bonds. The SMILES string of the molecule is CC(C)(C)C(=O)N1CCNCC1.CC(N1CCCC1)C(C)(C)C.CN1CCN(C(=O)C(C)(C)C)CC1. The molecule has 212 valence electrons. The van der Waals surface area contributed by atoms with Gasteiger partial charge in [0, 0.05) is 69.2 Å². The first kappa shape index (κ1) is 32.8. The molecule has 0 saturated carbocycles. The smallest absolute Gasteiger partial charge is 0.228 e. The van der Waals surface area contributed by atoms with E-state index in [4.69, 9.17) is 0 Å². The molecular formula is C29H59N5O2. The molecule has 0 spiro atoms. The van der Waals surface area contributed by atoms with Crippen LogP contribution in [-0.2, 0) is 9.59 Å². The summed E-state index contributed by atoms with van der Waals surface area (Å²) in [5, 5.41) is 3.23. The van der Waals surface area contributed by atoms with Crippen molar-refractivity contribution in [3.8, 4) is 0 Å². The summed E-state index contributed by atoms with van der Waals surface area (Å²) in [6.45, 7) is 31.2. The van der Waals surface area contributed by atoms with Crippen molar-refractivity contribution in [3.63, 3.8) is 0 Å². The van der Waals surface area contributed by atoms with Crippen LogP contribution in [0.4, 0.5) is 0 Å². The number of nitrogens with zero attached hydrogens (tertiary/aromatic N) is 4. The fourth-order valence-corrected chi connectivity index (χ4v) is 4.50. The number of rotatable bonds is 1. The van der Waals surface area contributed by atoms with Gasteiger partial charge in [-0.3, -0.25) is 9.59 Å². The first-order chi connectivity index (χ1) is 16.4. The van der Waals surface area contributed by atoms with Gasteiger partial charge < -0.3 is 24.9 Å². The van der Waals surface area contributed by atoms with E-state index in [1.54, 1.807) is 0 Å². The Bertz CT molecular complexity index is 655. The summed E-state index contributed by atoms with van der Waals surface area (Å²) in [6, 6.07) is 0.741. The van der Waals surface area contributed by atoms with Gasteiger partial charge in [0.15, 0.2) is 0 Å². The number of piperazine rings is 2. The molecule has 7 nitrogen and oxygen atoms in total. The van der Waals surface area contributed by atoms with Gasteiger partial charge >= 0.3 is 0 Å². The Balaban J connectivity index is 0.000000271. The van der Waals surface area contributed by atoms with Gasteiger partial charge in [-0.1, -0.05) is 62.3 Å². The lowest BCUT2D eigenvalue weighted by Crippen LogP contribution is -2.50. The third-order valence-corrected chi connectivity index (χ3v) is 7.42. The van der Waals surface area contributed by atoms with E-state index < -0.39 is 0 Å². The minimum atomic E-state index is -0.226. The summed E-state index contributed by atoms with van der Waals surface area (Å²) < 4.78 is 0. The van der Waals surface area contributed by atoms with E-state index in [2.05, 4.69) is 49.9 Å². The minimum absolute atomic E-state index is 0.225. The van der Waals surface area contributed by atoms with E-state index in [1.165, 1.54) is 25.9 Å². The molecular weight excluding hydrogens is 450 g/mol. The van der Waals surface area contributed by atoms with Gasteiger partial charge in [-0.05, 0) is 45.3 Å². The molecule has 0 bridgehead atoms. The Morgan fingerprint density at radius 1 is 0.639 bits per heavy atom. The van der Waals surface area contributed by atoms with Crippen molar-refractivity contribution in [2.45, 2.75) is 88.1 Å². The molecule has 7 heteroatoms. The minimum Gasteiger partial charge on any atom is -0.340 e. The van der Waals surface area contributed by atoms with Crippen LogP contribution in [0.3, 0.4) is 0 Å². The average molecular weight is 510 g/mol. The highest BCUT2D eigenvalue weighted by Crippen LogP contribution is 2.26. The lowest BCUT2D eigenvalue weighted by molar-refractivity contribution is -0.141. The zero-order valence-corrected chi connectivity index (χ0v) is 25.7. The molecule has 3 fully saturated rings. The van der Waals surface area contributed by atoms with Gasteiger partial charge in [-0.15, -0.1) is 0 Å². The Kier molecular flexibility index (Phi) is 12.9. The van der Waals surface area contributed by atoms with Gasteiger partial charge in [0.2, 0.25) is 11.8 Å². The first-order valence-electron chi connectivity index (χ1n) is 14.2. The molecule has 0 aromatic heterocycles. The summed E-state index contributed by atoms with van der Waals surface area (Å²) in [5.74, 6) is 0.546. The topological polar surface area (TPSA) is 59.1 Å². The molecule has 1 atom stereocenters.